The van der Waals surface area contributed by atoms with Gasteiger partial charge in [-0.3, -0.25) is 0 Å². The zero-order chi connectivity index (χ0) is 13.1. The van der Waals surface area contributed by atoms with Gasteiger partial charge in [0.05, 0.1) is 24.5 Å². The van der Waals surface area contributed by atoms with Crippen molar-refractivity contribution in [1.82, 2.24) is 0 Å². The van der Waals surface area contributed by atoms with Crippen molar-refractivity contribution in [2.75, 3.05) is 24.2 Å². The van der Waals surface area contributed by atoms with Crippen LogP contribution in [-0.2, 0) is 20.5 Å². The van der Waals surface area contributed by atoms with Crippen LogP contribution in [-0.4, -0.2) is 34.8 Å². The van der Waals surface area contributed by atoms with Crippen molar-refractivity contribution in [2.45, 2.75) is 6.29 Å². The Hall–Kier alpha value is -1.44. The normalized spacial score (nSPS) is 17.6. The van der Waals surface area contributed by atoms with Crippen molar-refractivity contribution in [3.05, 3.63) is 29.3 Å². The molecular weight excluding hydrogens is 258 g/mol. The minimum absolute atomic E-state index is 0.136. The first-order valence-corrected chi connectivity index (χ1v) is 6.84. The van der Waals surface area contributed by atoms with E-state index in [1.807, 2.05) is 0 Å². The molecule has 1 atom stereocenters. The van der Waals surface area contributed by atoms with Gasteiger partial charge in [-0.15, -0.1) is 0 Å². The minimum Gasteiger partial charge on any atom is -0.478 e. The van der Waals surface area contributed by atoms with Crippen LogP contribution in [0.4, 0.5) is 5.69 Å². The lowest BCUT2D eigenvalue weighted by Crippen LogP contribution is -2.09. The molecule has 0 spiro atoms. The number of ether oxygens (including phenoxy) is 2. The molecular formula is C11H13NO5S. The molecule has 1 fully saturated rings. The molecule has 2 N–H and O–H groups in total. The summed E-state index contributed by atoms with van der Waals surface area (Å²) in [6.07, 6.45) is 0.876. The van der Waals surface area contributed by atoms with Gasteiger partial charge in [0.25, 0.3) is 0 Å². The van der Waals surface area contributed by atoms with Crippen LogP contribution in [0.2, 0.25) is 0 Å². The zero-order valence-electron chi connectivity index (χ0n) is 9.71. The summed E-state index contributed by atoms with van der Waals surface area (Å²) in [5.74, 6) is -1.03. The van der Waals surface area contributed by atoms with E-state index in [0.29, 0.717) is 24.5 Å². The molecule has 1 aliphatic heterocycles. The second kappa shape index (κ2) is 5.47. The highest BCUT2D eigenvalue weighted by Crippen LogP contribution is 2.30. The molecule has 2 rings (SSSR count). The topological polar surface area (TPSA) is 84.9 Å². The molecule has 0 aromatic heterocycles. The molecule has 0 bridgehead atoms. The largest absolute Gasteiger partial charge is 0.478 e. The molecule has 1 aliphatic rings. The van der Waals surface area contributed by atoms with Gasteiger partial charge in [-0.2, -0.15) is 0 Å². The van der Waals surface area contributed by atoms with E-state index in [2.05, 4.69) is 4.72 Å². The zero-order valence-corrected chi connectivity index (χ0v) is 10.5. The summed E-state index contributed by atoms with van der Waals surface area (Å²) in [6, 6.07) is 4.47. The Bertz CT molecular complexity index is 484. The molecule has 0 aliphatic carbocycles. The van der Waals surface area contributed by atoms with E-state index in [9.17, 15) is 9.00 Å². The van der Waals surface area contributed by atoms with Crippen LogP contribution in [0.15, 0.2) is 18.2 Å². The third kappa shape index (κ3) is 2.87. The number of hydrogen-bond acceptors (Lipinski definition) is 4. The molecule has 6 nitrogen and oxygen atoms in total. The summed E-state index contributed by atoms with van der Waals surface area (Å²) in [5, 5.41) is 8.96. The fourth-order valence-corrected chi connectivity index (χ4v) is 2.17. The van der Waals surface area contributed by atoms with Gasteiger partial charge in [0.15, 0.2) is 6.29 Å². The summed E-state index contributed by atoms with van der Waals surface area (Å²) in [5.41, 5.74) is 1.23. The van der Waals surface area contributed by atoms with Gasteiger partial charge in [0, 0.05) is 11.8 Å². The quantitative estimate of drug-likeness (QED) is 0.857. The van der Waals surface area contributed by atoms with Crippen LogP contribution < -0.4 is 4.72 Å². The molecule has 1 aromatic carbocycles. The van der Waals surface area contributed by atoms with Gasteiger partial charge in [0.1, 0.15) is 11.0 Å². The Morgan fingerprint density at radius 2 is 2.11 bits per heavy atom. The predicted molar refractivity (Wildman–Crippen MR) is 65.7 cm³/mol. The lowest BCUT2D eigenvalue weighted by molar-refractivity contribution is -0.0435. The van der Waals surface area contributed by atoms with E-state index in [1.54, 1.807) is 6.07 Å². The Kier molecular flexibility index (Phi) is 3.95. The van der Waals surface area contributed by atoms with Crippen molar-refractivity contribution in [1.29, 1.82) is 0 Å². The second-order valence-corrected chi connectivity index (χ2v) is 4.85. The SMILES string of the molecule is CS(=O)Nc1ccc(C(=O)O)cc1C1OCCO1. The monoisotopic (exact) mass is 271 g/mol. The molecule has 7 heteroatoms. The van der Waals surface area contributed by atoms with Crippen LogP contribution in [0.25, 0.3) is 0 Å². The average Bonchev–Trinajstić information content (AvgIpc) is 2.81. The lowest BCUT2D eigenvalue weighted by atomic mass is 10.1. The number of carbonyl (C=O) groups is 1. The highest BCUT2D eigenvalue weighted by atomic mass is 32.2. The molecule has 1 unspecified atom stereocenters. The Labute approximate surface area is 106 Å². The summed E-state index contributed by atoms with van der Waals surface area (Å²) in [4.78, 5) is 10.9. The maximum absolute atomic E-state index is 11.2. The number of anilines is 1. The van der Waals surface area contributed by atoms with Gasteiger partial charge in [-0.25, -0.2) is 9.00 Å². The number of hydrogen-bond donors (Lipinski definition) is 2. The highest BCUT2D eigenvalue weighted by Gasteiger charge is 2.23. The van der Waals surface area contributed by atoms with E-state index in [0.717, 1.165) is 0 Å². The average molecular weight is 271 g/mol. The molecule has 0 amide bonds. The predicted octanol–water partition coefficient (Wildman–Crippen LogP) is 1.14. The van der Waals surface area contributed by atoms with Gasteiger partial charge < -0.3 is 19.3 Å². The first-order chi connectivity index (χ1) is 8.58. The lowest BCUT2D eigenvalue weighted by Gasteiger charge is -2.15. The van der Waals surface area contributed by atoms with Crippen molar-refractivity contribution in [2.24, 2.45) is 0 Å². The molecule has 1 saturated heterocycles. The van der Waals surface area contributed by atoms with Gasteiger partial charge in [-0.1, -0.05) is 0 Å². The Balaban J connectivity index is 2.38. The van der Waals surface area contributed by atoms with E-state index in [4.69, 9.17) is 14.6 Å². The number of carboxylic acids is 1. The first-order valence-electron chi connectivity index (χ1n) is 5.28. The molecule has 18 heavy (non-hydrogen) atoms. The van der Waals surface area contributed by atoms with Crippen LogP contribution in [0, 0.1) is 0 Å². The third-order valence-corrected chi connectivity index (χ3v) is 2.94. The number of benzene rings is 1. The Morgan fingerprint density at radius 3 is 2.67 bits per heavy atom. The smallest absolute Gasteiger partial charge is 0.335 e. The molecule has 1 heterocycles. The molecule has 0 saturated carbocycles. The number of nitrogens with one attached hydrogen (secondary N) is 1. The maximum atomic E-state index is 11.2. The third-order valence-electron chi connectivity index (χ3n) is 2.43. The standard InChI is InChI=1S/C11H13NO5S/c1-18(15)12-9-3-2-7(10(13)14)6-8(9)11-16-4-5-17-11/h2-3,6,11-12H,4-5H2,1H3,(H,13,14). The van der Waals surface area contributed by atoms with Crippen molar-refractivity contribution in [3.8, 4) is 0 Å². The van der Waals surface area contributed by atoms with Crippen LogP contribution in [0.3, 0.4) is 0 Å². The highest BCUT2D eigenvalue weighted by molar-refractivity contribution is 7.85. The number of carboxylic acid groups (broad SMARTS) is 1. The van der Waals surface area contributed by atoms with Gasteiger partial charge in [-0.05, 0) is 18.2 Å². The molecule has 0 radical (unpaired) electrons. The molecule has 1 aromatic rings. The number of aromatic carboxylic acids is 1. The van der Waals surface area contributed by atoms with Crippen molar-refractivity contribution < 1.29 is 23.6 Å². The van der Waals surface area contributed by atoms with Gasteiger partial charge >= 0.3 is 5.97 Å². The van der Waals surface area contributed by atoms with E-state index in [1.165, 1.54) is 18.4 Å². The minimum atomic E-state index is -1.25. The first kappa shape index (κ1) is 13.0. The summed E-state index contributed by atoms with van der Waals surface area (Å²) < 4.78 is 24.6. The Morgan fingerprint density at radius 1 is 1.44 bits per heavy atom. The van der Waals surface area contributed by atoms with Crippen LogP contribution >= 0.6 is 0 Å². The fraction of sp³-hybridized carbons (Fsp3) is 0.364. The van der Waals surface area contributed by atoms with E-state index in [-0.39, 0.29) is 5.56 Å². The van der Waals surface area contributed by atoms with E-state index >= 15 is 0 Å². The second-order valence-electron chi connectivity index (χ2n) is 3.74. The van der Waals surface area contributed by atoms with Crippen LogP contribution in [0.1, 0.15) is 22.2 Å². The summed E-state index contributed by atoms with van der Waals surface area (Å²) in [7, 11) is -1.25. The van der Waals surface area contributed by atoms with Crippen molar-refractivity contribution in [3.63, 3.8) is 0 Å². The van der Waals surface area contributed by atoms with Gasteiger partial charge in [0.2, 0.25) is 0 Å². The molecule has 98 valence electrons. The van der Waals surface area contributed by atoms with E-state index < -0.39 is 23.2 Å². The van der Waals surface area contributed by atoms with Crippen LogP contribution in [0.5, 0.6) is 0 Å². The summed E-state index contributed by atoms with van der Waals surface area (Å²) in [6.45, 7) is 0.910. The maximum Gasteiger partial charge on any atom is 0.335 e. The number of rotatable bonds is 4. The van der Waals surface area contributed by atoms with Crippen molar-refractivity contribution >= 4 is 22.6 Å². The fourth-order valence-electron chi connectivity index (χ4n) is 1.68. The summed E-state index contributed by atoms with van der Waals surface area (Å²) >= 11 is 0.